The fourth-order valence-electron chi connectivity index (χ4n) is 2.56. The standard InChI is InChI=1S/C15H22N2O/c1-12-4-3-5-14(10-12)15(18)17-9-7-13(11-17)6-8-16-2/h3-5,10,13,16H,6-9,11H2,1-2H3. The molecule has 98 valence electrons. The average Bonchev–Trinajstić information content (AvgIpc) is 2.84. The minimum absolute atomic E-state index is 0.186. The fourth-order valence-corrected chi connectivity index (χ4v) is 2.56. The first-order valence-electron chi connectivity index (χ1n) is 6.71. The van der Waals surface area contributed by atoms with Crippen LogP contribution in [0.25, 0.3) is 0 Å². The number of likely N-dealkylation sites (tertiary alicyclic amines) is 1. The summed E-state index contributed by atoms with van der Waals surface area (Å²) in [6, 6.07) is 7.87. The minimum atomic E-state index is 0.186. The first kappa shape index (κ1) is 13.1. The molecule has 2 rings (SSSR count). The summed E-state index contributed by atoms with van der Waals surface area (Å²) in [5.41, 5.74) is 1.97. The number of nitrogens with zero attached hydrogens (tertiary/aromatic N) is 1. The van der Waals surface area contributed by atoms with Crippen LogP contribution < -0.4 is 5.32 Å². The number of hydrogen-bond acceptors (Lipinski definition) is 2. The molecule has 0 radical (unpaired) electrons. The molecule has 3 nitrogen and oxygen atoms in total. The third-order valence-corrected chi connectivity index (χ3v) is 3.64. The van der Waals surface area contributed by atoms with E-state index in [-0.39, 0.29) is 5.91 Å². The zero-order valence-corrected chi connectivity index (χ0v) is 11.3. The van der Waals surface area contributed by atoms with Gasteiger partial charge in [-0.1, -0.05) is 17.7 Å². The Morgan fingerprint density at radius 1 is 1.50 bits per heavy atom. The highest BCUT2D eigenvalue weighted by Gasteiger charge is 2.26. The van der Waals surface area contributed by atoms with Crippen molar-refractivity contribution in [1.82, 2.24) is 10.2 Å². The highest BCUT2D eigenvalue weighted by Crippen LogP contribution is 2.21. The van der Waals surface area contributed by atoms with Crippen LogP contribution in [0.15, 0.2) is 24.3 Å². The summed E-state index contributed by atoms with van der Waals surface area (Å²) < 4.78 is 0. The van der Waals surface area contributed by atoms with E-state index in [1.54, 1.807) is 0 Å². The number of carbonyl (C=O) groups is 1. The Balaban J connectivity index is 1.95. The molecule has 1 aromatic carbocycles. The van der Waals surface area contributed by atoms with E-state index < -0.39 is 0 Å². The summed E-state index contributed by atoms with van der Waals surface area (Å²) >= 11 is 0. The van der Waals surface area contributed by atoms with Gasteiger partial charge in [-0.25, -0.2) is 0 Å². The summed E-state index contributed by atoms with van der Waals surface area (Å²) in [5, 5.41) is 3.17. The zero-order valence-electron chi connectivity index (χ0n) is 11.3. The van der Waals surface area contributed by atoms with Crippen molar-refractivity contribution in [2.75, 3.05) is 26.7 Å². The van der Waals surface area contributed by atoms with E-state index in [9.17, 15) is 4.79 Å². The summed E-state index contributed by atoms with van der Waals surface area (Å²) in [5.74, 6) is 0.844. The van der Waals surface area contributed by atoms with Gasteiger partial charge in [-0.15, -0.1) is 0 Å². The molecule has 1 saturated heterocycles. The highest BCUT2D eigenvalue weighted by atomic mass is 16.2. The van der Waals surface area contributed by atoms with Crippen molar-refractivity contribution in [2.45, 2.75) is 19.8 Å². The van der Waals surface area contributed by atoms with Gasteiger partial charge in [0.15, 0.2) is 0 Å². The zero-order chi connectivity index (χ0) is 13.0. The lowest BCUT2D eigenvalue weighted by atomic mass is 10.1. The van der Waals surface area contributed by atoms with Crippen LogP contribution in [0.2, 0.25) is 0 Å². The number of amides is 1. The molecule has 1 fully saturated rings. The fraction of sp³-hybridized carbons (Fsp3) is 0.533. The van der Waals surface area contributed by atoms with E-state index in [4.69, 9.17) is 0 Å². The van der Waals surface area contributed by atoms with Gasteiger partial charge in [-0.05, 0) is 51.4 Å². The van der Waals surface area contributed by atoms with E-state index in [1.165, 1.54) is 0 Å². The summed E-state index contributed by atoms with van der Waals surface area (Å²) in [6.45, 7) is 4.88. The molecular formula is C15H22N2O. The summed E-state index contributed by atoms with van der Waals surface area (Å²) in [7, 11) is 1.98. The molecule has 1 aromatic rings. The van der Waals surface area contributed by atoms with E-state index >= 15 is 0 Å². The molecule has 1 amide bonds. The smallest absolute Gasteiger partial charge is 0.253 e. The second kappa shape index (κ2) is 6.01. The minimum Gasteiger partial charge on any atom is -0.338 e. The Morgan fingerprint density at radius 3 is 3.06 bits per heavy atom. The van der Waals surface area contributed by atoms with Gasteiger partial charge in [0.2, 0.25) is 0 Å². The molecule has 3 heteroatoms. The van der Waals surface area contributed by atoms with Crippen molar-refractivity contribution >= 4 is 5.91 Å². The maximum absolute atomic E-state index is 12.3. The topological polar surface area (TPSA) is 32.3 Å². The van der Waals surface area contributed by atoms with Crippen molar-refractivity contribution in [2.24, 2.45) is 5.92 Å². The molecule has 1 N–H and O–H groups in total. The number of aryl methyl sites for hydroxylation is 1. The lowest BCUT2D eigenvalue weighted by Crippen LogP contribution is -2.29. The molecule has 0 saturated carbocycles. The molecule has 18 heavy (non-hydrogen) atoms. The normalized spacial score (nSPS) is 19.2. The maximum atomic E-state index is 12.3. The second-order valence-corrected chi connectivity index (χ2v) is 5.17. The van der Waals surface area contributed by atoms with E-state index in [0.717, 1.165) is 43.6 Å². The number of nitrogens with one attached hydrogen (secondary N) is 1. The van der Waals surface area contributed by atoms with Crippen LogP contribution in [0.1, 0.15) is 28.8 Å². The van der Waals surface area contributed by atoms with Gasteiger partial charge in [0.25, 0.3) is 5.91 Å². The van der Waals surface area contributed by atoms with Crippen LogP contribution in [0, 0.1) is 12.8 Å². The molecular weight excluding hydrogens is 224 g/mol. The van der Waals surface area contributed by atoms with Gasteiger partial charge in [0.1, 0.15) is 0 Å². The first-order chi connectivity index (χ1) is 8.70. The monoisotopic (exact) mass is 246 g/mol. The van der Waals surface area contributed by atoms with Crippen molar-refractivity contribution in [3.63, 3.8) is 0 Å². The lowest BCUT2D eigenvalue weighted by molar-refractivity contribution is 0.0786. The van der Waals surface area contributed by atoms with Crippen LogP contribution in [-0.2, 0) is 0 Å². The Hall–Kier alpha value is -1.35. The van der Waals surface area contributed by atoms with Crippen LogP contribution in [0.3, 0.4) is 0 Å². The van der Waals surface area contributed by atoms with Gasteiger partial charge in [0.05, 0.1) is 0 Å². The third kappa shape index (κ3) is 3.10. The van der Waals surface area contributed by atoms with Gasteiger partial charge in [0, 0.05) is 18.7 Å². The predicted molar refractivity (Wildman–Crippen MR) is 73.7 cm³/mol. The molecule has 1 aliphatic heterocycles. The van der Waals surface area contributed by atoms with Crippen molar-refractivity contribution < 1.29 is 4.79 Å². The molecule has 1 unspecified atom stereocenters. The third-order valence-electron chi connectivity index (χ3n) is 3.64. The predicted octanol–water partition coefficient (Wildman–Crippen LogP) is 2.07. The molecule has 1 heterocycles. The molecule has 0 spiro atoms. The number of rotatable bonds is 4. The molecule has 1 aliphatic rings. The van der Waals surface area contributed by atoms with E-state index in [1.807, 2.05) is 43.1 Å². The van der Waals surface area contributed by atoms with Gasteiger partial charge in [-0.3, -0.25) is 4.79 Å². The number of hydrogen-bond donors (Lipinski definition) is 1. The molecule has 0 aliphatic carbocycles. The van der Waals surface area contributed by atoms with Gasteiger partial charge >= 0.3 is 0 Å². The van der Waals surface area contributed by atoms with Crippen LogP contribution in [0.5, 0.6) is 0 Å². The Labute approximate surface area is 109 Å². The lowest BCUT2D eigenvalue weighted by Gasteiger charge is -2.17. The van der Waals surface area contributed by atoms with Crippen LogP contribution in [0.4, 0.5) is 0 Å². The van der Waals surface area contributed by atoms with Gasteiger partial charge in [-0.2, -0.15) is 0 Å². The number of benzene rings is 1. The maximum Gasteiger partial charge on any atom is 0.253 e. The van der Waals surface area contributed by atoms with E-state index in [2.05, 4.69) is 5.32 Å². The quantitative estimate of drug-likeness (QED) is 0.882. The average molecular weight is 246 g/mol. The molecule has 0 aromatic heterocycles. The Bertz CT molecular complexity index is 417. The molecule has 1 atom stereocenters. The highest BCUT2D eigenvalue weighted by molar-refractivity contribution is 5.94. The second-order valence-electron chi connectivity index (χ2n) is 5.17. The Morgan fingerprint density at radius 2 is 2.33 bits per heavy atom. The van der Waals surface area contributed by atoms with E-state index in [0.29, 0.717) is 5.92 Å². The van der Waals surface area contributed by atoms with Crippen molar-refractivity contribution in [1.29, 1.82) is 0 Å². The van der Waals surface area contributed by atoms with Crippen LogP contribution >= 0.6 is 0 Å². The van der Waals surface area contributed by atoms with Crippen molar-refractivity contribution in [3.8, 4) is 0 Å². The largest absolute Gasteiger partial charge is 0.338 e. The van der Waals surface area contributed by atoms with Crippen LogP contribution in [-0.4, -0.2) is 37.5 Å². The number of carbonyl (C=O) groups excluding carboxylic acids is 1. The SMILES string of the molecule is CNCCC1CCN(C(=O)c2cccc(C)c2)C1. The van der Waals surface area contributed by atoms with Crippen molar-refractivity contribution in [3.05, 3.63) is 35.4 Å². The Kier molecular flexibility index (Phi) is 4.37. The summed E-state index contributed by atoms with van der Waals surface area (Å²) in [6.07, 6.45) is 2.30. The first-order valence-corrected chi connectivity index (χ1v) is 6.71. The molecule has 0 bridgehead atoms. The summed E-state index contributed by atoms with van der Waals surface area (Å²) in [4.78, 5) is 14.3. The van der Waals surface area contributed by atoms with Gasteiger partial charge < -0.3 is 10.2 Å².